The first kappa shape index (κ1) is 18.0. The van der Waals surface area contributed by atoms with Crippen molar-refractivity contribution in [2.45, 2.75) is 12.2 Å². The smallest absolute Gasteiger partial charge is 0.307 e. The Labute approximate surface area is 159 Å². The Morgan fingerprint density at radius 1 is 1.28 bits per heavy atom. The molecule has 0 spiro atoms. The Morgan fingerprint density at radius 3 is 2.72 bits per heavy atom. The van der Waals surface area contributed by atoms with Gasteiger partial charge in [0.1, 0.15) is 5.82 Å². The highest BCUT2D eigenvalue weighted by Gasteiger charge is 2.27. The van der Waals surface area contributed by atoms with Crippen LogP contribution in [0, 0.1) is 5.82 Å². The van der Waals surface area contributed by atoms with Crippen LogP contribution in [0.15, 0.2) is 47.5 Å². The summed E-state index contributed by atoms with van der Waals surface area (Å²) in [5.41, 5.74) is 0.885. The minimum Gasteiger partial charge on any atom is -0.307 e. The van der Waals surface area contributed by atoms with Crippen LogP contribution >= 0.6 is 35.0 Å². The molecule has 2 aromatic carbocycles. The minimum absolute atomic E-state index is 0.254. The Hall–Kier alpha value is -1.76. The molecule has 0 radical (unpaired) electrons. The van der Waals surface area contributed by atoms with Crippen LogP contribution in [-0.4, -0.2) is 23.0 Å². The number of amidine groups is 1. The van der Waals surface area contributed by atoms with Gasteiger partial charge >= 0.3 is 6.03 Å². The van der Waals surface area contributed by atoms with Crippen molar-refractivity contribution in [3.8, 4) is 0 Å². The van der Waals surface area contributed by atoms with Gasteiger partial charge < -0.3 is 5.32 Å². The predicted molar refractivity (Wildman–Crippen MR) is 104 cm³/mol. The van der Waals surface area contributed by atoms with Gasteiger partial charge in [0, 0.05) is 10.9 Å². The first-order valence-corrected chi connectivity index (χ1v) is 9.10. The normalized spacial score (nSPS) is 16.5. The second-order valence-corrected chi connectivity index (χ2v) is 7.65. The molecule has 1 aliphatic rings. The van der Waals surface area contributed by atoms with E-state index in [0.29, 0.717) is 33.1 Å². The lowest BCUT2D eigenvalue weighted by atomic mass is 10.3. The number of urea groups is 1. The number of hydrogen-bond donors (Lipinski definition) is 1. The minimum atomic E-state index is -0.454. The van der Waals surface area contributed by atoms with Crippen LogP contribution in [0.4, 0.5) is 20.6 Å². The molecule has 1 heterocycles. The molecule has 0 fully saturated rings. The number of benzene rings is 2. The number of nitrogens with zero attached hydrogens (tertiary/aromatic N) is 2. The van der Waals surface area contributed by atoms with E-state index in [0.717, 1.165) is 0 Å². The van der Waals surface area contributed by atoms with Crippen molar-refractivity contribution in [3.05, 3.63) is 58.3 Å². The van der Waals surface area contributed by atoms with Crippen LogP contribution in [0.1, 0.15) is 6.92 Å². The molecule has 8 heteroatoms. The van der Waals surface area contributed by atoms with Gasteiger partial charge in [-0.2, -0.15) is 0 Å². The van der Waals surface area contributed by atoms with E-state index in [1.165, 1.54) is 28.8 Å². The molecule has 0 aromatic heterocycles. The lowest BCUT2D eigenvalue weighted by molar-refractivity contribution is 0.259. The summed E-state index contributed by atoms with van der Waals surface area (Å²) < 4.78 is 13.6. The predicted octanol–water partition coefficient (Wildman–Crippen LogP) is 5.66. The van der Waals surface area contributed by atoms with Crippen LogP contribution < -0.4 is 10.2 Å². The maximum atomic E-state index is 13.6. The zero-order chi connectivity index (χ0) is 18.0. The third kappa shape index (κ3) is 4.26. The molecule has 0 bridgehead atoms. The second-order valence-electron chi connectivity index (χ2n) is 5.43. The number of thioether (sulfide) groups is 1. The van der Waals surface area contributed by atoms with Gasteiger partial charge in [0.15, 0.2) is 5.17 Å². The first-order chi connectivity index (χ1) is 11.9. The highest BCUT2D eigenvalue weighted by molar-refractivity contribution is 8.15. The van der Waals surface area contributed by atoms with Crippen molar-refractivity contribution >= 4 is 57.5 Å². The summed E-state index contributed by atoms with van der Waals surface area (Å²) in [7, 11) is 0. The SMILES string of the molecule is CC1CN=C(N(C(=O)Nc2ccc(Cl)c(Cl)c2)c2cccc(F)c2)S1. The first-order valence-electron chi connectivity index (χ1n) is 7.47. The topological polar surface area (TPSA) is 44.7 Å². The molecular weight excluding hydrogens is 384 g/mol. The quantitative estimate of drug-likeness (QED) is 0.709. The van der Waals surface area contributed by atoms with Gasteiger partial charge in [-0.15, -0.1) is 0 Å². The lowest BCUT2D eigenvalue weighted by Gasteiger charge is -2.23. The van der Waals surface area contributed by atoms with E-state index in [2.05, 4.69) is 10.3 Å². The molecule has 2 amide bonds. The number of hydrogen-bond acceptors (Lipinski definition) is 3. The summed E-state index contributed by atoms with van der Waals surface area (Å²) in [5, 5.41) is 4.25. The van der Waals surface area contributed by atoms with Gasteiger partial charge in [-0.3, -0.25) is 4.99 Å². The maximum absolute atomic E-state index is 13.6. The van der Waals surface area contributed by atoms with Gasteiger partial charge in [0.2, 0.25) is 0 Å². The third-order valence-electron chi connectivity index (χ3n) is 3.42. The standard InChI is InChI=1S/C17H14Cl2FN3OS/c1-10-9-21-17(25-10)23(13-4-2-3-11(20)7-13)16(24)22-12-5-6-14(18)15(19)8-12/h2-8,10H,9H2,1H3,(H,22,24). The molecule has 1 atom stereocenters. The zero-order valence-electron chi connectivity index (χ0n) is 13.2. The molecule has 25 heavy (non-hydrogen) atoms. The summed E-state index contributed by atoms with van der Waals surface area (Å²) in [6.45, 7) is 2.62. The van der Waals surface area contributed by atoms with Crippen molar-refractivity contribution in [2.75, 3.05) is 16.8 Å². The van der Waals surface area contributed by atoms with Crippen LogP contribution in [-0.2, 0) is 0 Å². The van der Waals surface area contributed by atoms with E-state index < -0.39 is 11.8 Å². The fraction of sp³-hybridized carbons (Fsp3) is 0.176. The summed E-state index contributed by atoms with van der Waals surface area (Å²) in [5.74, 6) is -0.429. The monoisotopic (exact) mass is 397 g/mol. The zero-order valence-corrected chi connectivity index (χ0v) is 15.5. The number of anilines is 2. The molecule has 2 aromatic rings. The van der Waals surface area contributed by atoms with Gasteiger partial charge in [-0.1, -0.05) is 48.0 Å². The van der Waals surface area contributed by atoms with E-state index in [1.807, 2.05) is 6.92 Å². The Kier molecular flexibility index (Phi) is 5.51. The van der Waals surface area contributed by atoms with Crippen molar-refractivity contribution in [1.29, 1.82) is 0 Å². The number of rotatable bonds is 2. The molecule has 1 aliphatic heterocycles. The third-order valence-corrected chi connectivity index (χ3v) is 5.23. The van der Waals surface area contributed by atoms with Crippen LogP contribution in [0.2, 0.25) is 10.0 Å². The van der Waals surface area contributed by atoms with E-state index in [4.69, 9.17) is 23.2 Å². The summed E-state index contributed by atoms with van der Waals surface area (Å²) in [6, 6.07) is 10.2. The van der Waals surface area contributed by atoms with Crippen molar-refractivity contribution in [3.63, 3.8) is 0 Å². The van der Waals surface area contributed by atoms with Crippen LogP contribution in [0.5, 0.6) is 0 Å². The number of carbonyl (C=O) groups excluding carboxylic acids is 1. The molecule has 0 saturated heterocycles. The highest BCUT2D eigenvalue weighted by atomic mass is 35.5. The molecule has 0 saturated carbocycles. The Balaban J connectivity index is 1.90. The fourth-order valence-electron chi connectivity index (χ4n) is 2.27. The summed E-state index contributed by atoms with van der Waals surface area (Å²) in [4.78, 5) is 18.6. The number of carbonyl (C=O) groups is 1. The Bertz CT molecular complexity index is 846. The molecule has 0 aliphatic carbocycles. The van der Waals surface area contributed by atoms with E-state index in [-0.39, 0.29) is 5.25 Å². The number of aliphatic imine (C=N–C) groups is 1. The van der Waals surface area contributed by atoms with Gasteiger partial charge in [-0.05, 0) is 36.4 Å². The highest BCUT2D eigenvalue weighted by Crippen LogP contribution is 2.29. The van der Waals surface area contributed by atoms with Crippen molar-refractivity contribution in [2.24, 2.45) is 4.99 Å². The number of amides is 2. The van der Waals surface area contributed by atoms with Crippen molar-refractivity contribution < 1.29 is 9.18 Å². The molecule has 3 rings (SSSR count). The average molecular weight is 398 g/mol. The van der Waals surface area contributed by atoms with Crippen LogP contribution in [0.3, 0.4) is 0 Å². The van der Waals surface area contributed by atoms with Crippen LogP contribution in [0.25, 0.3) is 0 Å². The average Bonchev–Trinajstić information content (AvgIpc) is 2.97. The maximum Gasteiger partial charge on any atom is 0.332 e. The molecule has 1 unspecified atom stereocenters. The summed E-state index contributed by atoms with van der Waals surface area (Å²) in [6.07, 6.45) is 0. The fourth-order valence-corrected chi connectivity index (χ4v) is 3.52. The molecule has 130 valence electrons. The number of nitrogens with one attached hydrogen (secondary N) is 1. The largest absolute Gasteiger partial charge is 0.332 e. The van der Waals surface area contributed by atoms with Gasteiger partial charge in [0.05, 0.1) is 22.3 Å². The second kappa shape index (κ2) is 7.64. The van der Waals surface area contributed by atoms with E-state index in [9.17, 15) is 9.18 Å². The molecule has 4 nitrogen and oxygen atoms in total. The van der Waals surface area contributed by atoms with Crippen molar-refractivity contribution in [1.82, 2.24) is 0 Å². The lowest BCUT2D eigenvalue weighted by Crippen LogP contribution is -2.38. The molecular formula is C17H14Cl2FN3OS. The Morgan fingerprint density at radius 2 is 2.08 bits per heavy atom. The van der Waals surface area contributed by atoms with E-state index in [1.54, 1.807) is 30.3 Å². The van der Waals surface area contributed by atoms with E-state index >= 15 is 0 Å². The van der Waals surface area contributed by atoms with Gasteiger partial charge in [0.25, 0.3) is 0 Å². The summed E-state index contributed by atoms with van der Waals surface area (Å²) >= 11 is 13.3. The molecule has 1 N–H and O–H groups in total. The van der Waals surface area contributed by atoms with Gasteiger partial charge in [-0.25, -0.2) is 14.1 Å². The number of halogens is 3.